The van der Waals surface area contributed by atoms with Gasteiger partial charge in [0, 0.05) is 32.2 Å². The molecule has 0 radical (unpaired) electrons. The van der Waals surface area contributed by atoms with Gasteiger partial charge in [-0.1, -0.05) is 0 Å². The lowest BCUT2D eigenvalue weighted by atomic mass is 9.79. The molecule has 4 N–H and O–H groups in total. The van der Waals surface area contributed by atoms with Gasteiger partial charge in [0.05, 0.1) is 5.41 Å². The first-order chi connectivity index (χ1) is 8.50. The van der Waals surface area contributed by atoms with Crippen LogP contribution in [0.25, 0.3) is 0 Å². The minimum absolute atomic E-state index is 0.0557. The number of nitrogens with two attached hydrogens (primary N) is 1. The smallest absolute Gasteiger partial charge is 0.303 e. The SMILES string of the molecule is CC(CCC(=O)O)NC(=O)C1(CN)CCOCC1. The third kappa shape index (κ3) is 3.96. The van der Waals surface area contributed by atoms with E-state index in [4.69, 9.17) is 15.6 Å². The van der Waals surface area contributed by atoms with Crippen molar-refractivity contribution in [3.05, 3.63) is 0 Å². The highest BCUT2D eigenvalue weighted by Crippen LogP contribution is 2.29. The predicted molar refractivity (Wildman–Crippen MR) is 66.0 cm³/mol. The van der Waals surface area contributed by atoms with Gasteiger partial charge >= 0.3 is 5.97 Å². The average molecular weight is 258 g/mol. The topological polar surface area (TPSA) is 102 Å². The number of aliphatic carboxylic acids is 1. The van der Waals surface area contributed by atoms with E-state index in [1.807, 2.05) is 6.92 Å². The maximum Gasteiger partial charge on any atom is 0.303 e. The van der Waals surface area contributed by atoms with Gasteiger partial charge in [0.2, 0.25) is 5.91 Å². The number of amides is 1. The summed E-state index contributed by atoms with van der Waals surface area (Å²) in [6, 6.07) is -0.153. The molecule has 0 spiro atoms. The van der Waals surface area contributed by atoms with Gasteiger partial charge in [0.1, 0.15) is 0 Å². The van der Waals surface area contributed by atoms with E-state index in [1.54, 1.807) is 0 Å². The minimum Gasteiger partial charge on any atom is -0.481 e. The lowest BCUT2D eigenvalue weighted by molar-refractivity contribution is -0.139. The van der Waals surface area contributed by atoms with Crippen molar-refractivity contribution in [3.63, 3.8) is 0 Å². The molecule has 1 heterocycles. The summed E-state index contributed by atoms with van der Waals surface area (Å²) < 4.78 is 5.25. The molecular formula is C12H22N2O4. The summed E-state index contributed by atoms with van der Waals surface area (Å²) in [7, 11) is 0. The quantitative estimate of drug-likeness (QED) is 0.627. The summed E-state index contributed by atoms with van der Waals surface area (Å²) in [5.74, 6) is -0.929. The highest BCUT2D eigenvalue weighted by atomic mass is 16.5. The number of carboxylic acid groups (broad SMARTS) is 1. The number of carbonyl (C=O) groups excluding carboxylic acids is 1. The molecule has 0 aromatic heterocycles. The highest BCUT2D eigenvalue weighted by Gasteiger charge is 2.39. The van der Waals surface area contributed by atoms with Crippen molar-refractivity contribution in [1.29, 1.82) is 0 Å². The van der Waals surface area contributed by atoms with Crippen LogP contribution in [0, 0.1) is 5.41 Å². The van der Waals surface area contributed by atoms with Crippen molar-refractivity contribution in [3.8, 4) is 0 Å². The largest absolute Gasteiger partial charge is 0.481 e. The second-order valence-corrected chi connectivity index (χ2v) is 4.90. The molecule has 0 aliphatic carbocycles. The van der Waals surface area contributed by atoms with Crippen molar-refractivity contribution in [1.82, 2.24) is 5.32 Å². The third-order valence-electron chi connectivity index (χ3n) is 3.49. The lowest BCUT2D eigenvalue weighted by Crippen LogP contribution is -2.51. The molecule has 1 unspecified atom stereocenters. The molecule has 1 amide bonds. The molecular weight excluding hydrogens is 236 g/mol. The van der Waals surface area contributed by atoms with E-state index in [2.05, 4.69) is 5.32 Å². The van der Waals surface area contributed by atoms with Crippen LogP contribution < -0.4 is 11.1 Å². The van der Waals surface area contributed by atoms with E-state index < -0.39 is 11.4 Å². The van der Waals surface area contributed by atoms with Crippen molar-refractivity contribution >= 4 is 11.9 Å². The molecule has 1 saturated heterocycles. The Hall–Kier alpha value is -1.14. The Bertz CT molecular complexity index is 300. The number of hydrogen-bond acceptors (Lipinski definition) is 4. The number of carboxylic acids is 1. The maximum absolute atomic E-state index is 12.2. The Morgan fingerprint density at radius 3 is 2.56 bits per heavy atom. The molecule has 6 heteroatoms. The van der Waals surface area contributed by atoms with E-state index in [0.29, 0.717) is 39.0 Å². The molecule has 1 aliphatic heterocycles. The second kappa shape index (κ2) is 6.70. The van der Waals surface area contributed by atoms with Gasteiger partial charge in [-0.05, 0) is 26.2 Å². The summed E-state index contributed by atoms with van der Waals surface area (Å²) in [5.41, 5.74) is 5.18. The van der Waals surface area contributed by atoms with Crippen LogP contribution in [0.4, 0.5) is 0 Å². The Kier molecular flexibility index (Phi) is 5.55. The molecule has 1 rings (SSSR count). The van der Waals surface area contributed by atoms with Crippen LogP contribution in [-0.2, 0) is 14.3 Å². The fourth-order valence-electron chi connectivity index (χ4n) is 2.08. The van der Waals surface area contributed by atoms with Crippen molar-refractivity contribution in [2.24, 2.45) is 11.1 Å². The third-order valence-corrected chi connectivity index (χ3v) is 3.49. The van der Waals surface area contributed by atoms with Gasteiger partial charge in [0.25, 0.3) is 0 Å². The van der Waals surface area contributed by atoms with Gasteiger partial charge in [0.15, 0.2) is 0 Å². The molecule has 18 heavy (non-hydrogen) atoms. The van der Waals surface area contributed by atoms with Crippen LogP contribution in [0.5, 0.6) is 0 Å². The summed E-state index contributed by atoms with van der Waals surface area (Å²) in [6.07, 6.45) is 1.74. The number of carbonyl (C=O) groups is 2. The van der Waals surface area contributed by atoms with E-state index >= 15 is 0 Å². The van der Waals surface area contributed by atoms with Gasteiger partial charge in [-0.2, -0.15) is 0 Å². The molecule has 104 valence electrons. The first-order valence-corrected chi connectivity index (χ1v) is 6.31. The zero-order valence-electron chi connectivity index (χ0n) is 10.8. The van der Waals surface area contributed by atoms with Crippen LogP contribution in [0.2, 0.25) is 0 Å². The second-order valence-electron chi connectivity index (χ2n) is 4.90. The summed E-state index contributed by atoms with van der Waals surface area (Å²) in [4.78, 5) is 22.7. The van der Waals surface area contributed by atoms with Crippen LogP contribution in [0.3, 0.4) is 0 Å². The number of ether oxygens (including phenoxy) is 1. The Labute approximate surface area is 107 Å². The van der Waals surface area contributed by atoms with Crippen molar-refractivity contribution in [2.75, 3.05) is 19.8 Å². The Balaban J connectivity index is 2.48. The molecule has 0 bridgehead atoms. The standard InChI is InChI=1S/C12H22N2O4/c1-9(2-3-10(15)16)14-11(17)12(8-13)4-6-18-7-5-12/h9H,2-8,13H2,1H3,(H,14,17)(H,15,16). The van der Waals surface area contributed by atoms with Gasteiger partial charge in [-0.3, -0.25) is 9.59 Å². The molecule has 1 atom stereocenters. The normalized spacial score (nSPS) is 20.1. The molecule has 1 aliphatic rings. The van der Waals surface area contributed by atoms with Crippen LogP contribution >= 0.6 is 0 Å². The average Bonchev–Trinajstić information content (AvgIpc) is 2.37. The van der Waals surface area contributed by atoms with Gasteiger partial charge in [-0.15, -0.1) is 0 Å². The first kappa shape index (κ1) is 14.9. The fourth-order valence-corrected chi connectivity index (χ4v) is 2.08. The first-order valence-electron chi connectivity index (χ1n) is 6.31. The summed E-state index contributed by atoms with van der Waals surface area (Å²) in [5, 5.41) is 11.5. The highest BCUT2D eigenvalue weighted by molar-refractivity contribution is 5.83. The predicted octanol–water partition coefficient (Wildman–Crippen LogP) is 0.111. The van der Waals surface area contributed by atoms with Crippen LogP contribution in [0.15, 0.2) is 0 Å². The van der Waals surface area contributed by atoms with E-state index in [-0.39, 0.29) is 18.4 Å². The summed E-state index contributed by atoms with van der Waals surface area (Å²) in [6.45, 7) is 3.21. The van der Waals surface area contributed by atoms with Gasteiger partial charge < -0.3 is 20.9 Å². The van der Waals surface area contributed by atoms with Crippen molar-refractivity contribution < 1.29 is 19.4 Å². The van der Waals surface area contributed by atoms with E-state index in [9.17, 15) is 9.59 Å². The Morgan fingerprint density at radius 1 is 1.44 bits per heavy atom. The molecule has 0 aromatic rings. The number of rotatable bonds is 6. The van der Waals surface area contributed by atoms with E-state index in [1.165, 1.54) is 0 Å². The lowest BCUT2D eigenvalue weighted by Gasteiger charge is -2.35. The van der Waals surface area contributed by atoms with E-state index in [0.717, 1.165) is 0 Å². The summed E-state index contributed by atoms with van der Waals surface area (Å²) >= 11 is 0. The van der Waals surface area contributed by atoms with Crippen LogP contribution in [-0.4, -0.2) is 42.8 Å². The zero-order chi connectivity index (χ0) is 13.6. The Morgan fingerprint density at radius 2 is 2.06 bits per heavy atom. The maximum atomic E-state index is 12.2. The molecule has 6 nitrogen and oxygen atoms in total. The zero-order valence-corrected chi connectivity index (χ0v) is 10.8. The monoisotopic (exact) mass is 258 g/mol. The van der Waals surface area contributed by atoms with Crippen molar-refractivity contribution in [2.45, 2.75) is 38.6 Å². The number of hydrogen-bond donors (Lipinski definition) is 3. The molecule has 0 aromatic carbocycles. The van der Waals surface area contributed by atoms with Crippen LogP contribution in [0.1, 0.15) is 32.6 Å². The minimum atomic E-state index is -0.851. The fraction of sp³-hybridized carbons (Fsp3) is 0.833. The van der Waals surface area contributed by atoms with Gasteiger partial charge in [-0.25, -0.2) is 0 Å². The number of nitrogens with one attached hydrogen (secondary N) is 1. The molecule has 1 fully saturated rings. The molecule has 0 saturated carbocycles.